The summed E-state index contributed by atoms with van der Waals surface area (Å²) in [6, 6.07) is 12.7. The van der Waals surface area contributed by atoms with Gasteiger partial charge in [-0.1, -0.05) is 29.4 Å². The van der Waals surface area contributed by atoms with Crippen molar-refractivity contribution in [3.63, 3.8) is 0 Å². The third-order valence-corrected chi connectivity index (χ3v) is 4.97. The normalized spacial score (nSPS) is 10.5. The van der Waals surface area contributed by atoms with Crippen LogP contribution in [-0.2, 0) is 4.79 Å². The number of nitrogens with zero attached hydrogens (tertiary/aromatic N) is 2. The number of hydrogen-bond acceptors (Lipinski definition) is 5. The summed E-state index contributed by atoms with van der Waals surface area (Å²) in [7, 11) is 3.17. The van der Waals surface area contributed by atoms with E-state index in [9.17, 15) is 4.79 Å². The maximum absolute atomic E-state index is 12.3. The highest BCUT2D eigenvalue weighted by Gasteiger charge is 2.11. The van der Waals surface area contributed by atoms with Crippen molar-refractivity contribution in [1.29, 1.82) is 0 Å². The molecule has 1 N–H and O–H groups in total. The second kappa shape index (κ2) is 8.83. The first-order chi connectivity index (χ1) is 13.1. The van der Waals surface area contributed by atoms with Gasteiger partial charge in [0.05, 0.1) is 30.7 Å². The number of hydrogen-bond donors (Lipinski definition) is 1. The zero-order chi connectivity index (χ0) is 19.2. The molecule has 0 bridgehead atoms. The van der Waals surface area contributed by atoms with Gasteiger partial charge >= 0.3 is 0 Å². The molecule has 1 amide bonds. The number of imidazole rings is 1. The second-order valence-corrected chi connectivity index (χ2v) is 6.82. The minimum Gasteiger partial charge on any atom is -0.497 e. The van der Waals surface area contributed by atoms with Crippen LogP contribution in [0.3, 0.4) is 0 Å². The van der Waals surface area contributed by atoms with E-state index in [-0.39, 0.29) is 11.7 Å². The van der Waals surface area contributed by atoms with Crippen LogP contribution in [0, 0.1) is 0 Å². The van der Waals surface area contributed by atoms with E-state index in [1.807, 2.05) is 35.0 Å². The van der Waals surface area contributed by atoms with Gasteiger partial charge in [-0.2, -0.15) is 0 Å². The molecule has 0 unspecified atom stereocenters. The lowest BCUT2D eigenvalue weighted by molar-refractivity contribution is -0.113. The standard InChI is InChI=1S/C19H18ClN3O3S/c1-25-15-5-3-4-14(11-15)23-9-8-21-19(23)27-12-18(24)22-13-6-7-17(26-2)16(20)10-13/h3-11H,12H2,1-2H3,(H,22,24). The number of benzene rings is 2. The van der Waals surface area contributed by atoms with Gasteiger partial charge in [0, 0.05) is 24.1 Å². The summed E-state index contributed by atoms with van der Waals surface area (Å²) in [5.74, 6) is 1.38. The lowest BCUT2D eigenvalue weighted by Gasteiger charge is -2.10. The molecular weight excluding hydrogens is 386 g/mol. The number of carbonyl (C=O) groups is 1. The molecule has 0 fully saturated rings. The minimum absolute atomic E-state index is 0.151. The Bertz CT molecular complexity index is 945. The molecule has 3 rings (SSSR count). The summed E-state index contributed by atoms with van der Waals surface area (Å²) in [5, 5.41) is 3.97. The van der Waals surface area contributed by atoms with Crippen LogP contribution in [0.2, 0.25) is 5.02 Å². The van der Waals surface area contributed by atoms with Crippen LogP contribution in [0.15, 0.2) is 60.0 Å². The SMILES string of the molecule is COc1cccc(-n2ccnc2SCC(=O)Nc2ccc(OC)c(Cl)c2)c1. The largest absolute Gasteiger partial charge is 0.497 e. The number of thioether (sulfide) groups is 1. The maximum atomic E-state index is 12.3. The first-order valence-corrected chi connectivity index (χ1v) is 9.41. The Kier molecular flexibility index (Phi) is 6.26. The fourth-order valence-corrected chi connectivity index (χ4v) is 3.46. The van der Waals surface area contributed by atoms with E-state index in [0.717, 1.165) is 11.4 Å². The number of carbonyl (C=O) groups excluding carboxylic acids is 1. The van der Waals surface area contributed by atoms with Crippen LogP contribution < -0.4 is 14.8 Å². The van der Waals surface area contributed by atoms with Crippen molar-refractivity contribution in [1.82, 2.24) is 9.55 Å². The monoisotopic (exact) mass is 403 g/mol. The molecule has 6 nitrogen and oxygen atoms in total. The molecule has 27 heavy (non-hydrogen) atoms. The quantitative estimate of drug-likeness (QED) is 0.596. The van der Waals surface area contributed by atoms with E-state index in [1.54, 1.807) is 38.6 Å². The Balaban J connectivity index is 1.64. The maximum Gasteiger partial charge on any atom is 0.234 e. The highest BCUT2D eigenvalue weighted by molar-refractivity contribution is 7.99. The van der Waals surface area contributed by atoms with Crippen LogP contribution >= 0.6 is 23.4 Å². The Morgan fingerprint density at radius 2 is 2.07 bits per heavy atom. The number of halogens is 1. The molecular formula is C19H18ClN3O3S. The average molecular weight is 404 g/mol. The number of methoxy groups -OCH3 is 2. The third-order valence-electron chi connectivity index (χ3n) is 3.71. The van der Waals surface area contributed by atoms with E-state index < -0.39 is 0 Å². The molecule has 0 aliphatic rings. The van der Waals surface area contributed by atoms with E-state index in [2.05, 4.69) is 10.3 Å². The predicted octanol–water partition coefficient (Wildman–Crippen LogP) is 4.27. The van der Waals surface area contributed by atoms with Crippen molar-refractivity contribution < 1.29 is 14.3 Å². The summed E-state index contributed by atoms with van der Waals surface area (Å²) in [6.45, 7) is 0. The Hall–Kier alpha value is -2.64. The van der Waals surface area contributed by atoms with Gasteiger partial charge in [-0.25, -0.2) is 4.98 Å². The summed E-state index contributed by atoms with van der Waals surface area (Å²) in [6.07, 6.45) is 3.54. The molecule has 0 aliphatic heterocycles. The van der Waals surface area contributed by atoms with E-state index in [4.69, 9.17) is 21.1 Å². The van der Waals surface area contributed by atoms with Crippen LogP contribution in [0.5, 0.6) is 11.5 Å². The van der Waals surface area contributed by atoms with Crippen molar-refractivity contribution >= 4 is 35.0 Å². The average Bonchev–Trinajstić information content (AvgIpc) is 3.15. The Morgan fingerprint density at radius 3 is 2.81 bits per heavy atom. The van der Waals surface area contributed by atoms with Gasteiger partial charge in [-0.05, 0) is 30.3 Å². The van der Waals surface area contributed by atoms with Crippen LogP contribution in [0.25, 0.3) is 5.69 Å². The fraction of sp³-hybridized carbons (Fsp3) is 0.158. The van der Waals surface area contributed by atoms with Crippen molar-refractivity contribution in [2.24, 2.45) is 0 Å². The topological polar surface area (TPSA) is 65.4 Å². The molecule has 140 valence electrons. The van der Waals surface area contributed by atoms with Crippen LogP contribution in [0.4, 0.5) is 5.69 Å². The van der Waals surface area contributed by atoms with E-state index >= 15 is 0 Å². The second-order valence-electron chi connectivity index (χ2n) is 5.47. The smallest absolute Gasteiger partial charge is 0.234 e. The minimum atomic E-state index is -0.151. The molecule has 1 aromatic heterocycles. The molecule has 3 aromatic rings. The fourth-order valence-electron chi connectivity index (χ4n) is 2.42. The van der Waals surface area contributed by atoms with Crippen molar-refractivity contribution in [3.05, 3.63) is 59.9 Å². The van der Waals surface area contributed by atoms with Gasteiger partial charge in [0.1, 0.15) is 11.5 Å². The lowest BCUT2D eigenvalue weighted by Crippen LogP contribution is -2.14. The van der Waals surface area contributed by atoms with Crippen LogP contribution in [-0.4, -0.2) is 35.4 Å². The zero-order valence-corrected chi connectivity index (χ0v) is 16.4. The number of nitrogens with one attached hydrogen (secondary N) is 1. The van der Waals surface area contributed by atoms with Gasteiger partial charge in [0.15, 0.2) is 5.16 Å². The molecule has 0 saturated heterocycles. The molecule has 1 heterocycles. The highest BCUT2D eigenvalue weighted by Crippen LogP contribution is 2.28. The lowest BCUT2D eigenvalue weighted by atomic mass is 10.3. The first-order valence-electron chi connectivity index (χ1n) is 8.04. The van der Waals surface area contributed by atoms with E-state index in [0.29, 0.717) is 21.6 Å². The number of amides is 1. The molecule has 0 aliphatic carbocycles. The third kappa shape index (κ3) is 4.75. The molecule has 0 atom stereocenters. The summed E-state index contributed by atoms with van der Waals surface area (Å²) >= 11 is 7.42. The van der Waals surface area contributed by atoms with Crippen molar-refractivity contribution in [2.75, 3.05) is 25.3 Å². The number of ether oxygens (including phenoxy) is 2. The predicted molar refractivity (Wildman–Crippen MR) is 107 cm³/mol. The van der Waals surface area contributed by atoms with Crippen LogP contribution in [0.1, 0.15) is 0 Å². The summed E-state index contributed by atoms with van der Waals surface area (Å²) in [4.78, 5) is 16.6. The van der Waals surface area contributed by atoms with Gasteiger partial charge in [-0.3, -0.25) is 9.36 Å². The molecule has 0 radical (unpaired) electrons. The van der Waals surface area contributed by atoms with E-state index in [1.165, 1.54) is 11.8 Å². The molecule has 8 heteroatoms. The van der Waals surface area contributed by atoms with Gasteiger partial charge in [-0.15, -0.1) is 0 Å². The number of anilines is 1. The molecule has 0 spiro atoms. The number of aromatic nitrogens is 2. The Labute approximate surface area is 166 Å². The summed E-state index contributed by atoms with van der Waals surface area (Å²) in [5.41, 5.74) is 1.53. The zero-order valence-electron chi connectivity index (χ0n) is 14.8. The van der Waals surface area contributed by atoms with Crippen molar-refractivity contribution in [3.8, 4) is 17.2 Å². The van der Waals surface area contributed by atoms with Gasteiger partial charge in [0.25, 0.3) is 0 Å². The van der Waals surface area contributed by atoms with Gasteiger partial charge in [0.2, 0.25) is 5.91 Å². The first kappa shape index (κ1) is 19.1. The number of rotatable bonds is 7. The molecule has 0 saturated carbocycles. The highest BCUT2D eigenvalue weighted by atomic mass is 35.5. The van der Waals surface area contributed by atoms with Crippen molar-refractivity contribution in [2.45, 2.75) is 5.16 Å². The Morgan fingerprint density at radius 1 is 1.22 bits per heavy atom. The summed E-state index contributed by atoms with van der Waals surface area (Å²) < 4.78 is 12.3. The van der Waals surface area contributed by atoms with Gasteiger partial charge < -0.3 is 14.8 Å². The molecule has 2 aromatic carbocycles.